The Balaban J connectivity index is 1.72. The number of carbonyl (C=O) groups excluding carboxylic acids is 1. The highest BCUT2D eigenvalue weighted by Crippen LogP contribution is 2.22. The molecule has 0 radical (unpaired) electrons. The molecular weight excluding hydrogens is 291 g/mol. The third-order valence-electron chi connectivity index (χ3n) is 4.39. The van der Waals surface area contributed by atoms with Crippen molar-refractivity contribution in [3.8, 4) is 0 Å². The van der Waals surface area contributed by atoms with E-state index in [0.29, 0.717) is 13.1 Å². The van der Waals surface area contributed by atoms with E-state index in [0.717, 1.165) is 23.4 Å². The lowest BCUT2D eigenvalue weighted by atomic mass is 10.1. The second kappa shape index (κ2) is 6.50. The molecule has 4 heteroatoms. The molecule has 0 bridgehead atoms. The monoisotopic (exact) mass is 312 g/mol. The number of aryl methyl sites for hydroxylation is 1. The van der Waals surface area contributed by atoms with Crippen molar-refractivity contribution in [1.29, 1.82) is 0 Å². The van der Waals surface area contributed by atoms with Gasteiger partial charge in [-0.3, -0.25) is 9.69 Å². The highest BCUT2D eigenvalue weighted by atomic mass is 19.1. The van der Waals surface area contributed by atoms with Crippen LogP contribution in [0.25, 0.3) is 0 Å². The summed E-state index contributed by atoms with van der Waals surface area (Å²) in [5, 5.41) is 0. The Labute approximate surface area is 136 Å². The molecule has 1 fully saturated rings. The average molecular weight is 312 g/mol. The first-order chi connectivity index (χ1) is 11.0. The van der Waals surface area contributed by atoms with Gasteiger partial charge in [-0.2, -0.15) is 0 Å². The van der Waals surface area contributed by atoms with Crippen molar-refractivity contribution in [2.75, 3.05) is 18.0 Å². The van der Waals surface area contributed by atoms with E-state index in [4.69, 9.17) is 0 Å². The molecule has 2 aromatic rings. The number of piperazine rings is 1. The van der Waals surface area contributed by atoms with Gasteiger partial charge in [0.2, 0.25) is 5.91 Å². The van der Waals surface area contributed by atoms with Crippen LogP contribution in [0.1, 0.15) is 18.1 Å². The van der Waals surface area contributed by atoms with E-state index in [9.17, 15) is 9.18 Å². The number of amides is 1. The normalized spacial score (nSPS) is 19.2. The number of anilines is 1. The topological polar surface area (TPSA) is 23.6 Å². The van der Waals surface area contributed by atoms with Gasteiger partial charge in [-0.1, -0.05) is 24.3 Å². The van der Waals surface area contributed by atoms with E-state index in [2.05, 4.69) is 4.90 Å². The zero-order chi connectivity index (χ0) is 16.4. The molecule has 2 aromatic carbocycles. The fraction of sp³-hybridized carbons (Fsp3) is 0.316. The number of benzene rings is 2. The maximum Gasteiger partial charge on any atom is 0.244 e. The molecule has 0 aliphatic carbocycles. The van der Waals surface area contributed by atoms with Crippen LogP contribution < -0.4 is 4.90 Å². The van der Waals surface area contributed by atoms with Crippen molar-refractivity contribution >= 4 is 11.6 Å². The van der Waals surface area contributed by atoms with Gasteiger partial charge >= 0.3 is 0 Å². The molecule has 1 atom stereocenters. The van der Waals surface area contributed by atoms with Crippen LogP contribution in [0.5, 0.6) is 0 Å². The second-order valence-electron chi connectivity index (χ2n) is 6.10. The van der Waals surface area contributed by atoms with E-state index in [1.54, 1.807) is 12.1 Å². The molecule has 1 heterocycles. The summed E-state index contributed by atoms with van der Waals surface area (Å²) in [6.07, 6.45) is 0. The summed E-state index contributed by atoms with van der Waals surface area (Å²) in [5.41, 5.74) is 3.13. The van der Waals surface area contributed by atoms with Crippen molar-refractivity contribution in [2.45, 2.75) is 26.4 Å². The molecule has 3 rings (SSSR count). The summed E-state index contributed by atoms with van der Waals surface area (Å²) >= 11 is 0. The number of hydrogen-bond acceptors (Lipinski definition) is 2. The number of rotatable bonds is 3. The molecule has 120 valence electrons. The predicted octanol–water partition coefficient (Wildman–Crippen LogP) is 3.37. The van der Waals surface area contributed by atoms with Crippen molar-refractivity contribution in [3.05, 3.63) is 65.5 Å². The third kappa shape index (κ3) is 3.42. The lowest BCUT2D eigenvalue weighted by molar-refractivity contribution is -0.125. The van der Waals surface area contributed by atoms with Crippen LogP contribution in [0.15, 0.2) is 48.5 Å². The summed E-state index contributed by atoms with van der Waals surface area (Å²) in [5.74, 6) is -0.119. The maximum atomic E-state index is 13.0. The summed E-state index contributed by atoms with van der Waals surface area (Å²) < 4.78 is 13.0. The van der Waals surface area contributed by atoms with Crippen molar-refractivity contribution in [2.24, 2.45) is 0 Å². The van der Waals surface area contributed by atoms with Crippen LogP contribution >= 0.6 is 0 Å². The lowest BCUT2D eigenvalue weighted by Crippen LogP contribution is -2.55. The van der Waals surface area contributed by atoms with Gasteiger partial charge in [-0.25, -0.2) is 4.39 Å². The van der Waals surface area contributed by atoms with Gasteiger partial charge in [0.25, 0.3) is 0 Å². The molecule has 0 aromatic heterocycles. The summed E-state index contributed by atoms with van der Waals surface area (Å²) in [7, 11) is 0. The van der Waals surface area contributed by atoms with Crippen molar-refractivity contribution in [3.63, 3.8) is 0 Å². The number of halogens is 1. The minimum Gasteiger partial charge on any atom is -0.310 e. The predicted molar refractivity (Wildman–Crippen MR) is 89.8 cm³/mol. The Kier molecular flexibility index (Phi) is 4.44. The van der Waals surface area contributed by atoms with Gasteiger partial charge in [-0.05, 0) is 49.2 Å². The molecule has 0 saturated carbocycles. The Hall–Kier alpha value is -2.20. The van der Waals surface area contributed by atoms with Crippen molar-refractivity contribution in [1.82, 2.24) is 4.90 Å². The lowest BCUT2D eigenvalue weighted by Gasteiger charge is -2.39. The fourth-order valence-corrected chi connectivity index (χ4v) is 3.01. The number of carbonyl (C=O) groups is 1. The van der Waals surface area contributed by atoms with E-state index < -0.39 is 0 Å². The van der Waals surface area contributed by atoms with Crippen LogP contribution in [-0.2, 0) is 11.3 Å². The maximum absolute atomic E-state index is 13.0. The minimum atomic E-state index is -0.234. The zero-order valence-electron chi connectivity index (χ0n) is 13.5. The molecule has 23 heavy (non-hydrogen) atoms. The molecule has 1 aliphatic rings. The fourth-order valence-electron chi connectivity index (χ4n) is 3.01. The standard InChI is InChI=1S/C19H21FN2O/c1-14-4-3-5-18(12-14)22-11-10-21(15(2)19(22)23)13-16-6-8-17(20)9-7-16/h3-9,12,15H,10-11,13H2,1-2H3. The largest absolute Gasteiger partial charge is 0.310 e. The Morgan fingerprint density at radius 3 is 2.57 bits per heavy atom. The van der Waals surface area contributed by atoms with Gasteiger partial charge in [0, 0.05) is 25.3 Å². The first-order valence-electron chi connectivity index (χ1n) is 7.91. The van der Waals surface area contributed by atoms with Gasteiger partial charge in [0.05, 0.1) is 6.04 Å². The molecule has 1 aliphatic heterocycles. The molecule has 1 saturated heterocycles. The number of nitrogens with zero attached hydrogens (tertiary/aromatic N) is 2. The Morgan fingerprint density at radius 1 is 1.13 bits per heavy atom. The molecule has 0 spiro atoms. The Bertz CT molecular complexity index is 699. The Morgan fingerprint density at radius 2 is 1.87 bits per heavy atom. The van der Waals surface area contributed by atoms with Crippen LogP contribution in [0.2, 0.25) is 0 Å². The third-order valence-corrected chi connectivity index (χ3v) is 4.39. The van der Waals surface area contributed by atoms with E-state index in [1.165, 1.54) is 12.1 Å². The van der Waals surface area contributed by atoms with Crippen LogP contribution in [-0.4, -0.2) is 29.9 Å². The van der Waals surface area contributed by atoms with Crippen LogP contribution in [0, 0.1) is 12.7 Å². The second-order valence-corrected chi connectivity index (χ2v) is 6.10. The van der Waals surface area contributed by atoms with Gasteiger partial charge < -0.3 is 4.90 Å². The molecule has 1 amide bonds. The SMILES string of the molecule is Cc1cccc(N2CCN(Cc3ccc(F)cc3)C(C)C2=O)c1. The summed E-state index contributed by atoms with van der Waals surface area (Å²) in [6, 6.07) is 14.3. The minimum absolute atomic E-state index is 0.115. The highest BCUT2D eigenvalue weighted by Gasteiger charge is 2.32. The zero-order valence-corrected chi connectivity index (χ0v) is 13.5. The summed E-state index contributed by atoms with van der Waals surface area (Å²) in [4.78, 5) is 16.7. The van der Waals surface area contributed by atoms with Crippen LogP contribution in [0.4, 0.5) is 10.1 Å². The summed E-state index contributed by atoms with van der Waals surface area (Å²) in [6.45, 7) is 6.11. The molecular formula is C19H21FN2O. The number of hydrogen-bond donors (Lipinski definition) is 0. The van der Waals surface area contributed by atoms with E-state index >= 15 is 0 Å². The average Bonchev–Trinajstić information content (AvgIpc) is 2.54. The van der Waals surface area contributed by atoms with Gasteiger partial charge in [-0.15, -0.1) is 0 Å². The van der Waals surface area contributed by atoms with Gasteiger partial charge in [0.15, 0.2) is 0 Å². The molecule has 0 N–H and O–H groups in total. The quantitative estimate of drug-likeness (QED) is 0.867. The molecule has 1 unspecified atom stereocenters. The molecule has 3 nitrogen and oxygen atoms in total. The van der Waals surface area contributed by atoms with Gasteiger partial charge in [0.1, 0.15) is 5.82 Å². The van der Waals surface area contributed by atoms with E-state index in [1.807, 2.05) is 43.0 Å². The first kappa shape index (κ1) is 15.7. The smallest absolute Gasteiger partial charge is 0.244 e. The highest BCUT2D eigenvalue weighted by molar-refractivity contribution is 5.97. The van der Waals surface area contributed by atoms with Crippen molar-refractivity contribution < 1.29 is 9.18 Å². The van der Waals surface area contributed by atoms with Crippen LogP contribution in [0.3, 0.4) is 0 Å². The first-order valence-corrected chi connectivity index (χ1v) is 7.91. The van der Waals surface area contributed by atoms with E-state index in [-0.39, 0.29) is 17.8 Å².